The highest BCUT2D eigenvalue weighted by atomic mass is 16.6. The molecule has 0 saturated heterocycles. The van der Waals surface area contributed by atoms with E-state index in [-0.39, 0.29) is 105 Å². The Morgan fingerprint density at radius 3 is 0.870 bits per heavy atom. The smallest absolute Gasteiger partial charge is 0.311 e. The van der Waals surface area contributed by atoms with Gasteiger partial charge in [-0.3, -0.25) is 38.4 Å². The van der Waals surface area contributed by atoms with E-state index in [4.69, 9.17) is 47.4 Å². The van der Waals surface area contributed by atoms with E-state index >= 15 is 0 Å². The van der Waals surface area contributed by atoms with E-state index in [1.807, 2.05) is 166 Å². The lowest BCUT2D eigenvalue weighted by Gasteiger charge is -2.22. The van der Waals surface area contributed by atoms with Crippen molar-refractivity contribution in [3.63, 3.8) is 0 Å². The van der Waals surface area contributed by atoms with Crippen LogP contribution in [0.25, 0.3) is 0 Å². The molecule has 20 nitrogen and oxygen atoms in total. The Labute approximate surface area is 617 Å². The van der Waals surface area contributed by atoms with Gasteiger partial charge in [0.15, 0.2) is 0 Å². The number of ether oxygens (including phenoxy) is 12. The predicted molar refractivity (Wildman–Crippen MR) is 414 cm³/mol. The van der Waals surface area contributed by atoms with E-state index < -0.39 is 0 Å². The summed E-state index contributed by atoms with van der Waals surface area (Å²) in [5, 5.41) is 0. The fourth-order valence-electron chi connectivity index (χ4n) is 4.59. The van der Waals surface area contributed by atoms with Crippen LogP contribution in [0.5, 0.6) is 0 Å². The summed E-state index contributed by atoms with van der Waals surface area (Å²) >= 11 is 0. The predicted octanol–water partition coefficient (Wildman–Crippen LogP) is 20.6. The lowest BCUT2D eigenvalue weighted by molar-refractivity contribution is -0.156. The van der Waals surface area contributed by atoms with Crippen molar-refractivity contribution >= 4 is 47.8 Å². The number of esters is 8. The van der Waals surface area contributed by atoms with Crippen LogP contribution in [-0.4, -0.2) is 149 Å². The van der Waals surface area contributed by atoms with Crippen LogP contribution in [-0.2, 0) is 95.2 Å². The molecule has 0 fully saturated rings. The van der Waals surface area contributed by atoms with Crippen LogP contribution >= 0.6 is 0 Å². The SMILES string of the molecule is CCC(=O)OC(C)(C)CC.CCC(=O)OC(C)CC.CCC(C)(C)C(=O)OC.CCC(C)(C)OC.CCC(C)(C)OC(C)=O.CCC(C)C(=O)OC.CCC(C)OC.CCC(C)OC(C)=O.CCOC(=O)C(C)(C)CC.CCOC(=O)C(C)CC.CCOC(C)(C)CC.CCOC(C)CC. The highest BCUT2D eigenvalue weighted by Crippen LogP contribution is 2.22. The molecule has 0 aliphatic heterocycles. The number of hydrogen-bond acceptors (Lipinski definition) is 20. The van der Waals surface area contributed by atoms with Gasteiger partial charge >= 0.3 is 47.8 Å². The molecule has 0 N–H and O–H groups in total. The van der Waals surface area contributed by atoms with Gasteiger partial charge < -0.3 is 56.8 Å². The van der Waals surface area contributed by atoms with Crippen LogP contribution < -0.4 is 0 Å². The molecule has 0 rings (SSSR count). The summed E-state index contributed by atoms with van der Waals surface area (Å²) < 4.78 is 58.9. The molecule has 0 aliphatic carbocycles. The van der Waals surface area contributed by atoms with Crippen LogP contribution in [0.2, 0.25) is 0 Å². The van der Waals surface area contributed by atoms with Crippen LogP contribution in [0.3, 0.4) is 0 Å². The monoisotopic (exact) mass is 1450 g/mol. The lowest BCUT2D eigenvalue weighted by Crippen LogP contribution is -2.26. The van der Waals surface area contributed by atoms with Crippen molar-refractivity contribution < 1.29 is 95.2 Å². The van der Waals surface area contributed by atoms with E-state index in [0.29, 0.717) is 38.3 Å². The first kappa shape index (κ1) is 122. The van der Waals surface area contributed by atoms with Gasteiger partial charge in [0, 0.05) is 54.1 Å². The van der Waals surface area contributed by atoms with Gasteiger partial charge in [0.2, 0.25) is 0 Å². The number of carbonyl (C=O) groups is 8. The third kappa shape index (κ3) is 100.0. The van der Waals surface area contributed by atoms with Crippen LogP contribution in [0.1, 0.15) is 353 Å². The maximum Gasteiger partial charge on any atom is 0.311 e. The molecule has 0 aromatic rings. The van der Waals surface area contributed by atoms with Crippen molar-refractivity contribution in [1.29, 1.82) is 0 Å². The summed E-state index contributed by atoms with van der Waals surface area (Å²) in [5.41, 5.74) is -1.02. The lowest BCUT2D eigenvalue weighted by atomic mass is 9.91. The molecule has 0 aromatic carbocycles. The van der Waals surface area contributed by atoms with Crippen molar-refractivity contribution in [3.05, 3.63) is 0 Å². The Morgan fingerprint density at radius 2 is 0.690 bits per heavy atom. The molecule has 0 aromatic heterocycles. The van der Waals surface area contributed by atoms with Gasteiger partial charge in [-0.25, -0.2) is 0 Å². The minimum absolute atomic E-state index is 0.0556. The Bertz CT molecular complexity index is 1870. The van der Waals surface area contributed by atoms with Crippen molar-refractivity contribution in [2.75, 3.05) is 54.9 Å². The Kier molecular flexibility index (Phi) is 94.5. The van der Waals surface area contributed by atoms with E-state index in [9.17, 15) is 38.4 Å². The minimum atomic E-state index is -0.311. The van der Waals surface area contributed by atoms with Gasteiger partial charge in [0.25, 0.3) is 0 Å². The molecule has 0 saturated carbocycles. The number of methoxy groups -OCH3 is 4. The summed E-state index contributed by atoms with van der Waals surface area (Å²) in [6.45, 7) is 76.3. The fourth-order valence-corrected chi connectivity index (χ4v) is 4.59. The molecule has 6 atom stereocenters. The highest BCUT2D eigenvalue weighted by Gasteiger charge is 2.27. The standard InChI is InChI=1S/2C8H16O2.4C7H14O2.C7H16O.2C6H12O2.2C6H14O.C5H12O/c1-5-8(3,4)7(9)10-6-2;1-5-7(9)10-8(3,4)6-2;1-5-7(2,3)6(8)9-4;1-5-7(3,4)9-6(2)8;1-4-6(3)7(8)9-5-2;1-4-6(3)9-7(8)5-2;1-5-7(3,4)8-6-2;1-4-5(2)6(7)8-3;1-4-5(2)8-6(3)7;1-5-6(2,3)7-4;1-4-6(3)7-5-2;1-4-5(2)6-3/h2*5-6H2,1-4H3;2*5H2,1-4H3;2*6H,4-5H2,1-3H3;5-6H2,1-4H3;2*5H,4H2,1-3H3;5H2,1-4H3;6H,4-5H2,1-3H3;5H,4H2,1-3H3. The van der Waals surface area contributed by atoms with Crippen LogP contribution in [0.4, 0.5) is 0 Å². The van der Waals surface area contributed by atoms with Crippen LogP contribution in [0, 0.1) is 22.7 Å². The molecule has 0 bridgehead atoms. The first-order valence-corrected chi connectivity index (χ1v) is 37.4. The van der Waals surface area contributed by atoms with Crippen molar-refractivity contribution in [1.82, 2.24) is 0 Å². The summed E-state index contributed by atoms with van der Waals surface area (Å²) in [6.07, 6.45) is 13.2. The normalized spacial score (nSPS) is 12.3. The quantitative estimate of drug-likeness (QED) is 0.0479. The highest BCUT2D eigenvalue weighted by molar-refractivity contribution is 5.76. The van der Waals surface area contributed by atoms with E-state index in [0.717, 1.165) is 90.3 Å². The molecule has 6 unspecified atom stereocenters. The zero-order chi connectivity index (χ0) is 82.3. The summed E-state index contributed by atoms with van der Waals surface area (Å²) in [4.78, 5) is 85.1. The first-order valence-electron chi connectivity index (χ1n) is 37.4. The third-order valence-corrected chi connectivity index (χ3v) is 15.6. The van der Waals surface area contributed by atoms with Gasteiger partial charge in [0.1, 0.15) is 11.2 Å². The molecular weight excluding hydrogens is 1280 g/mol. The molecule has 100 heavy (non-hydrogen) atoms. The van der Waals surface area contributed by atoms with Crippen molar-refractivity contribution in [2.24, 2.45) is 22.7 Å². The number of hydrogen-bond donors (Lipinski definition) is 0. The van der Waals surface area contributed by atoms with Gasteiger partial charge in [-0.1, -0.05) is 111 Å². The minimum Gasteiger partial charge on any atom is -0.469 e. The molecule has 20 heteroatoms. The molecular formula is C80H168O20. The van der Waals surface area contributed by atoms with Crippen LogP contribution in [0.15, 0.2) is 0 Å². The average molecular weight is 1450 g/mol. The molecule has 0 aliphatic rings. The van der Waals surface area contributed by atoms with Crippen molar-refractivity contribution in [2.45, 2.75) is 400 Å². The number of rotatable bonds is 30. The second-order valence-electron chi connectivity index (χ2n) is 27.1. The largest absolute Gasteiger partial charge is 0.469 e. The van der Waals surface area contributed by atoms with E-state index in [1.54, 1.807) is 28.1 Å². The maximum absolute atomic E-state index is 11.1. The summed E-state index contributed by atoms with van der Waals surface area (Å²) in [5.74, 6) is -0.947. The molecule has 0 radical (unpaired) electrons. The maximum atomic E-state index is 11.1. The van der Waals surface area contributed by atoms with Gasteiger partial charge in [0.05, 0.1) is 85.7 Å². The molecule has 0 heterocycles. The topological polar surface area (TPSA) is 247 Å². The average Bonchev–Trinajstić information content (AvgIpc) is 0.923. The van der Waals surface area contributed by atoms with E-state index in [1.165, 1.54) is 28.1 Å². The molecule has 0 spiro atoms. The first-order chi connectivity index (χ1) is 45.7. The zero-order valence-electron chi connectivity index (χ0n) is 73.4. The third-order valence-electron chi connectivity index (χ3n) is 15.6. The number of carbonyl (C=O) groups excluding carboxylic acids is 8. The molecule has 0 amide bonds. The van der Waals surface area contributed by atoms with E-state index in [2.05, 4.69) is 78.7 Å². The molecule has 608 valence electrons. The second-order valence-corrected chi connectivity index (χ2v) is 27.1. The Morgan fingerprint density at radius 1 is 0.330 bits per heavy atom. The van der Waals surface area contributed by atoms with Gasteiger partial charge in [-0.15, -0.1) is 0 Å². The van der Waals surface area contributed by atoms with Gasteiger partial charge in [-0.2, -0.15) is 0 Å². The zero-order valence-corrected chi connectivity index (χ0v) is 73.4. The van der Waals surface area contributed by atoms with Crippen molar-refractivity contribution in [3.8, 4) is 0 Å². The second kappa shape index (κ2) is 77.2. The summed E-state index contributed by atoms with van der Waals surface area (Å²) in [6, 6.07) is 0. The Balaban J connectivity index is -0.0000000847. The Hall–Kier alpha value is -4.40. The fraction of sp³-hybridized carbons (Fsp3) is 0.900. The summed E-state index contributed by atoms with van der Waals surface area (Å²) in [7, 11) is 6.30. The van der Waals surface area contributed by atoms with Gasteiger partial charge in [-0.05, 0) is 216 Å².